The first-order chi connectivity index (χ1) is 15.2. The molecular weight excluding hydrogens is 418 g/mol. The summed E-state index contributed by atoms with van der Waals surface area (Å²) in [4.78, 5) is 1.18. The SMILES string of the molecule is NC(=S)NN=CC1=C(c2ccccc2)SC(c2ccccc2)C(Cc2ccccc2)=C1. The van der Waals surface area contributed by atoms with Crippen LogP contribution in [0.4, 0.5) is 0 Å². The number of nitrogens with two attached hydrogens (primary N) is 1. The van der Waals surface area contributed by atoms with E-state index in [4.69, 9.17) is 18.0 Å². The van der Waals surface area contributed by atoms with Crippen LogP contribution in [-0.2, 0) is 6.42 Å². The van der Waals surface area contributed by atoms with Crippen LogP contribution in [-0.4, -0.2) is 11.3 Å². The minimum atomic E-state index is 0.150. The van der Waals surface area contributed by atoms with Gasteiger partial charge in [-0.05, 0) is 40.9 Å². The fraction of sp³-hybridized carbons (Fsp3) is 0.0769. The summed E-state index contributed by atoms with van der Waals surface area (Å²) in [7, 11) is 0. The molecule has 1 aliphatic rings. The predicted molar refractivity (Wildman–Crippen MR) is 137 cm³/mol. The van der Waals surface area contributed by atoms with Crippen molar-refractivity contribution >= 4 is 40.2 Å². The van der Waals surface area contributed by atoms with Gasteiger partial charge in [0.1, 0.15) is 0 Å². The van der Waals surface area contributed by atoms with Gasteiger partial charge in [-0.25, -0.2) is 0 Å². The van der Waals surface area contributed by atoms with E-state index in [1.807, 2.05) is 17.8 Å². The molecule has 31 heavy (non-hydrogen) atoms. The highest BCUT2D eigenvalue weighted by Gasteiger charge is 2.26. The number of thiocarbonyl (C=S) groups is 1. The standard InChI is InChI=1S/C26H23N3S2/c27-26(30)29-28-18-23-17-22(16-19-10-4-1-5-11-19)24(20-12-6-2-7-13-20)31-25(23)21-14-8-3-9-15-21/h1-15,17-18,24H,16H2,(H3,27,29,30). The van der Waals surface area contributed by atoms with Crippen molar-refractivity contribution in [2.45, 2.75) is 11.7 Å². The molecular formula is C26H23N3S2. The van der Waals surface area contributed by atoms with Crippen molar-refractivity contribution in [1.82, 2.24) is 5.43 Å². The Kier molecular flexibility index (Phi) is 6.97. The van der Waals surface area contributed by atoms with Gasteiger partial charge in [0.2, 0.25) is 0 Å². The van der Waals surface area contributed by atoms with Crippen LogP contribution in [0, 0.1) is 0 Å². The minimum absolute atomic E-state index is 0.150. The molecule has 0 aliphatic carbocycles. The van der Waals surface area contributed by atoms with Gasteiger partial charge in [0, 0.05) is 10.5 Å². The summed E-state index contributed by atoms with van der Waals surface area (Å²) in [6, 6.07) is 31.7. The van der Waals surface area contributed by atoms with Crippen LogP contribution in [0.5, 0.6) is 0 Å². The number of thioether (sulfide) groups is 1. The van der Waals surface area contributed by atoms with Crippen LogP contribution in [0.25, 0.3) is 4.91 Å². The Morgan fingerprint density at radius 2 is 1.55 bits per heavy atom. The zero-order chi connectivity index (χ0) is 21.5. The van der Waals surface area contributed by atoms with Crippen molar-refractivity contribution < 1.29 is 0 Å². The molecule has 0 radical (unpaired) electrons. The molecule has 0 bridgehead atoms. The normalized spacial score (nSPS) is 16.3. The molecule has 0 saturated heterocycles. The van der Waals surface area contributed by atoms with Gasteiger partial charge in [0.05, 0.1) is 11.5 Å². The lowest BCUT2D eigenvalue weighted by Crippen LogP contribution is -2.24. The molecule has 0 aromatic heterocycles. The van der Waals surface area contributed by atoms with Crippen LogP contribution in [0.2, 0.25) is 0 Å². The molecule has 1 heterocycles. The second-order valence-electron chi connectivity index (χ2n) is 7.17. The van der Waals surface area contributed by atoms with Gasteiger partial charge in [0.15, 0.2) is 5.11 Å². The summed E-state index contributed by atoms with van der Waals surface area (Å²) in [6.45, 7) is 0. The molecule has 1 atom stereocenters. The van der Waals surface area contributed by atoms with Gasteiger partial charge < -0.3 is 5.73 Å². The first kappa shape index (κ1) is 21.1. The van der Waals surface area contributed by atoms with Crippen molar-refractivity contribution in [3.63, 3.8) is 0 Å². The molecule has 1 aliphatic heterocycles. The number of hydrogen-bond acceptors (Lipinski definition) is 3. The van der Waals surface area contributed by atoms with E-state index in [1.165, 1.54) is 27.2 Å². The summed E-state index contributed by atoms with van der Waals surface area (Å²) < 4.78 is 0. The summed E-state index contributed by atoms with van der Waals surface area (Å²) >= 11 is 6.75. The fourth-order valence-corrected chi connectivity index (χ4v) is 4.98. The molecule has 3 nitrogen and oxygen atoms in total. The van der Waals surface area contributed by atoms with Crippen molar-refractivity contribution in [2.75, 3.05) is 0 Å². The van der Waals surface area contributed by atoms with Crippen LogP contribution < -0.4 is 11.2 Å². The first-order valence-electron chi connectivity index (χ1n) is 10.0. The maximum atomic E-state index is 5.55. The third-order valence-corrected chi connectivity index (χ3v) is 6.55. The average Bonchev–Trinajstić information content (AvgIpc) is 2.81. The Balaban J connectivity index is 1.80. The first-order valence-corrected chi connectivity index (χ1v) is 11.3. The number of benzene rings is 3. The van der Waals surface area contributed by atoms with Crippen molar-refractivity contribution in [2.24, 2.45) is 10.8 Å². The van der Waals surface area contributed by atoms with Gasteiger partial charge in [0.25, 0.3) is 0 Å². The molecule has 3 aromatic rings. The monoisotopic (exact) mass is 441 g/mol. The van der Waals surface area contributed by atoms with Gasteiger partial charge in [-0.15, -0.1) is 11.8 Å². The maximum absolute atomic E-state index is 5.55. The number of nitrogens with zero attached hydrogens (tertiary/aromatic N) is 1. The van der Waals surface area contributed by atoms with Gasteiger partial charge in [-0.2, -0.15) is 5.10 Å². The molecule has 0 spiro atoms. The van der Waals surface area contributed by atoms with E-state index in [2.05, 4.69) is 102 Å². The predicted octanol–water partition coefficient (Wildman–Crippen LogP) is 5.87. The Morgan fingerprint density at radius 3 is 2.19 bits per heavy atom. The van der Waals surface area contributed by atoms with Gasteiger partial charge >= 0.3 is 0 Å². The molecule has 3 N–H and O–H groups in total. The maximum Gasteiger partial charge on any atom is 0.184 e. The van der Waals surface area contributed by atoms with E-state index in [-0.39, 0.29) is 10.4 Å². The third-order valence-electron chi connectivity index (χ3n) is 4.94. The Labute approximate surface area is 192 Å². The summed E-state index contributed by atoms with van der Waals surface area (Å²) in [5.41, 5.74) is 14.3. The molecule has 0 fully saturated rings. The Morgan fingerprint density at radius 1 is 0.935 bits per heavy atom. The highest BCUT2D eigenvalue weighted by Crippen LogP contribution is 2.49. The summed E-state index contributed by atoms with van der Waals surface area (Å²) in [5.74, 6) is 0. The minimum Gasteiger partial charge on any atom is -0.375 e. The second kappa shape index (κ2) is 10.2. The van der Waals surface area contributed by atoms with Crippen molar-refractivity contribution in [3.8, 4) is 0 Å². The molecule has 1 unspecified atom stereocenters. The van der Waals surface area contributed by atoms with Crippen molar-refractivity contribution in [3.05, 3.63) is 125 Å². The van der Waals surface area contributed by atoms with Gasteiger partial charge in [-0.1, -0.05) is 97.1 Å². The van der Waals surface area contributed by atoms with E-state index in [0.29, 0.717) is 0 Å². The zero-order valence-electron chi connectivity index (χ0n) is 16.9. The van der Waals surface area contributed by atoms with E-state index in [1.54, 1.807) is 6.21 Å². The highest BCUT2D eigenvalue weighted by molar-refractivity contribution is 8.08. The topological polar surface area (TPSA) is 50.4 Å². The van der Waals surface area contributed by atoms with Crippen LogP contribution in [0.1, 0.15) is 21.9 Å². The number of nitrogens with one attached hydrogen (secondary N) is 1. The summed E-state index contributed by atoms with van der Waals surface area (Å²) in [5, 5.41) is 4.62. The molecule has 0 saturated carbocycles. The molecule has 0 amide bonds. The van der Waals surface area contributed by atoms with E-state index in [9.17, 15) is 0 Å². The quantitative estimate of drug-likeness (QED) is 0.285. The Bertz CT molecular complexity index is 1120. The van der Waals surface area contributed by atoms with Crippen LogP contribution in [0.15, 0.2) is 113 Å². The summed E-state index contributed by atoms with van der Waals surface area (Å²) in [6.07, 6.45) is 4.94. The largest absolute Gasteiger partial charge is 0.375 e. The molecule has 4 rings (SSSR count). The molecule has 5 heteroatoms. The van der Waals surface area contributed by atoms with Gasteiger partial charge in [-0.3, -0.25) is 5.43 Å². The number of allylic oxidation sites excluding steroid dienone is 2. The molecule has 3 aromatic carbocycles. The molecule has 154 valence electrons. The van der Waals surface area contributed by atoms with E-state index in [0.717, 1.165) is 12.0 Å². The van der Waals surface area contributed by atoms with E-state index < -0.39 is 0 Å². The van der Waals surface area contributed by atoms with Crippen LogP contribution in [0.3, 0.4) is 0 Å². The smallest absolute Gasteiger partial charge is 0.184 e. The number of hydrazone groups is 1. The number of hydrogen-bond donors (Lipinski definition) is 2. The second-order valence-corrected chi connectivity index (χ2v) is 8.73. The lowest BCUT2D eigenvalue weighted by atomic mass is 9.95. The fourth-order valence-electron chi connectivity index (χ4n) is 3.57. The lowest BCUT2D eigenvalue weighted by Gasteiger charge is -2.28. The lowest BCUT2D eigenvalue weighted by molar-refractivity contribution is 1.01. The van der Waals surface area contributed by atoms with Crippen molar-refractivity contribution in [1.29, 1.82) is 0 Å². The van der Waals surface area contributed by atoms with Crippen LogP contribution >= 0.6 is 24.0 Å². The average molecular weight is 442 g/mol. The van der Waals surface area contributed by atoms with E-state index >= 15 is 0 Å². The number of rotatable bonds is 6. The highest BCUT2D eigenvalue weighted by atomic mass is 32.2. The zero-order valence-corrected chi connectivity index (χ0v) is 18.6. The Hall–Kier alpha value is -3.15. The third kappa shape index (κ3) is 5.51.